The van der Waals surface area contributed by atoms with E-state index < -0.39 is 12.2 Å². The average molecular weight is 361 g/mol. The molecule has 1 aromatic rings. The van der Waals surface area contributed by atoms with Crippen LogP contribution in [0.4, 0.5) is 13.2 Å². The lowest BCUT2D eigenvalue weighted by Gasteiger charge is -2.39. The zero-order chi connectivity index (χ0) is 18.6. The quantitative estimate of drug-likeness (QED) is 0.657. The number of piperazine rings is 1. The minimum absolute atomic E-state index is 0.366. The SMILES string of the molecule is CN=C(NCCc1c(C)noc1C)N1CCN(C(C)C(F)(F)F)CC1. The number of nitrogens with zero attached hydrogens (tertiary/aromatic N) is 4. The second-order valence-corrected chi connectivity index (χ2v) is 6.27. The highest BCUT2D eigenvalue weighted by Gasteiger charge is 2.41. The van der Waals surface area contributed by atoms with Crippen molar-refractivity contribution in [3.05, 3.63) is 17.0 Å². The molecule has 1 atom stereocenters. The largest absolute Gasteiger partial charge is 0.403 e. The van der Waals surface area contributed by atoms with E-state index in [-0.39, 0.29) is 0 Å². The summed E-state index contributed by atoms with van der Waals surface area (Å²) in [6.45, 7) is 7.43. The van der Waals surface area contributed by atoms with Gasteiger partial charge in [0.2, 0.25) is 0 Å². The highest BCUT2D eigenvalue weighted by molar-refractivity contribution is 5.80. The first kappa shape index (κ1) is 19.6. The molecule has 1 aliphatic heterocycles. The number of alkyl halides is 3. The predicted octanol–water partition coefficient (Wildman–Crippen LogP) is 1.98. The van der Waals surface area contributed by atoms with Crippen molar-refractivity contribution < 1.29 is 17.7 Å². The minimum Gasteiger partial charge on any atom is -0.361 e. The van der Waals surface area contributed by atoms with Gasteiger partial charge in [-0.2, -0.15) is 13.2 Å². The van der Waals surface area contributed by atoms with Crippen LogP contribution in [0, 0.1) is 13.8 Å². The maximum atomic E-state index is 12.8. The summed E-state index contributed by atoms with van der Waals surface area (Å²) < 4.78 is 43.6. The molecule has 1 aliphatic rings. The van der Waals surface area contributed by atoms with Gasteiger partial charge in [0.05, 0.1) is 5.69 Å². The molecule has 9 heteroatoms. The maximum absolute atomic E-state index is 12.8. The summed E-state index contributed by atoms with van der Waals surface area (Å²) in [6, 6.07) is -1.41. The Kier molecular flexibility index (Phi) is 6.31. The van der Waals surface area contributed by atoms with Gasteiger partial charge in [-0.05, 0) is 27.2 Å². The Morgan fingerprint density at radius 2 is 1.92 bits per heavy atom. The van der Waals surface area contributed by atoms with Crippen LogP contribution >= 0.6 is 0 Å². The van der Waals surface area contributed by atoms with Gasteiger partial charge >= 0.3 is 6.18 Å². The maximum Gasteiger partial charge on any atom is 0.403 e. The van der Waals surface area contributed by atoms with E-state index in [1.165, 1.54) is 11.8 Å². The van der Waals surface area contributed by atoms with Crippen molar-refractivity contribution in [1.82, 2.24) is 20.3 Å². The Labute approximate surface area is 146 Å². The van der Waals surface area contributed by atoms with Crippen molar-refractivity contribution in [2.75, 3.05) is 39.8 Å². The normalized spacial score (nSPS) is 18.5. The molecule has 142 valence electrons. The molecule has 6 nitrogen and oxygen atoms in total. The molecule has 1 fully saturated rings. The van der Waals surface area contributed by atoms with Crippen LogP contribution in [0.15, 0.2) is 9.52 Å². The van der Waals surface area contributed by atoms with E-state index in [2.05, 4.69) is 15.5 Å². The van der Waals surface area contributed by atoms with Crippen LogP contribution in [-0.2, 0) is 6.42 Å². The van der Waals surface area contributed by atoms with Crippen LogP contribution in [0.3, 0.4) is 0 Å². The van der Waals surface area contributed by atoms with Gasteiger partial charge in [0.15, 0.2) is 5.96 Å². The zero-order valence-corrected chi connectivity index (χ0v) is 15.2. The number of hydrogen-bond donors (Lipinski definition) is 1. The molecule has 0 bridgehead atoms. The Bertz CT molecular complexity index is 572. The molecule has 2 heterocycles. The molecule has 0 radical (unpaired) electrons. The Balaban J connectivity index is 1.82. The van der Waals surface area contributed by atoms with Crippen LogP contribution in [-0.4, -0.2) is 72.9 Å². The Morgan fingerprint density at radius 1 is 1.28 bits per heavy atom. The van der Waals surface area contributed by atoms with Crippen LogP contribution in [0.1, 0.15) is 23.9 Å². The molecular weight excluding hydrogens is 335 g/mol. The number of hydrogen-bond acceptors (Lipinski definition) is 4. The van der Waals surface area contributed by atoms with Crippen LogP contribution in [0.2, 0.25) is 0 Å². The molecule has 0 aromatic carbocycles. The van der Waals surface area contributed by atoms with E-state index in [1.54, 1.807) is 7.05 Å². The third kappa shape index (κ3) is 4.87. The number of nitrogens with one attached hydrogen (secondary N) is 1. The van der Waals surface area contributed by atoms with Crippen LogP contribution in [0.5, 0.6) is 0 Å². The molecule has 1 saturated heterocycles. The first-order valence-corrected chi connectivity index (χ1v) is 8.42. The monoisotopic (exact) mass is 361 g/mol. The van der Waals surface area contributed by atoms with Gasteiger partial charge in [-0.15, -0.1) is 0 Å². The summed E-state index contributed by atoms with van der Waals surface area (Å²) in [6.07, 6.45) is -3.43. The number of aliphatic imine (C=N–C) groups is 1. The minimum atomic E-state index is -4.18. The molecule has 2 rings (SSSR count). The lowest BCUT2D eigenvalue weighted by atomic mass is 10.1. The van der Waals surface area contributed by atoms with Crippen molar-refractivity contribution in [3.63, 3.8) is 0 Å². The van der Waals surface area contributed by atoms with E-state index in [4.69, 9.17) is 4.52 Å². The number of rotatable bonds is 4. The highest BCUT2D eigenvalue weighted by atomic mass is 19.4. The summed E-state index contributed by atoms with van der Waals surface area (Å²) in [7, 11) is 1.68. The van der Waals surface area contributed by atoms with Gasteiger partial charge in [-0.25, -0.2) is 0 Å². The molecule has 1 aromatic heterocycles. The summed E-state index contributed by atoms with van der Waals surface area (Å²) >= 11 is 0. The molecule has 0 spiro atoms. The number of halogens is 3. The third-order valence-corrected chi connectivity index (χ3v) is 4.69. The van der Waals surface area contributed by atoms with Gasteiger partial charge < -0.3 is 14.7 Å². The highest BCUT2D eigenvalue weighted by Crippen LogP contribution is 2.25. The Morgan fingerprint density at radius 3 is 2.40 bits per heavy atom. The summed E-state index contributed by atoms with van der Waals surface area (Å²) in [5.41, 5.74) is 1.95. The van der Waals surface area contributed by atoms with E-state index in [0.717, 1.165) is 23.4 Å². The van der Waals surface area contributed by atoms with Crippen molar-refractivity contribution in [2.45, 2.75) is 39.4 Å². The van der Waals surface area contributed by atoms with Gasteiger partial charge in [0.25, 0.3) is 0 Å². The van der Waals surface area contributed by atoms with E-state index in [0.29, 0.717) is 38.7 Å². The molecule has 1 N–H and O–H groups in total. The van der Waals surface area contributed by atoms with Crippen molar-refractivity contribution in [1.29, 1.82) is 0 Å². The van der Waals surface area contributed by atoms with E-state index in [9.17, 15) is 13.2 Å². The number of guanidine groups is 1. The molecule has 25 heavy (non-hydrogen) atoms. The summed E-state index contributed by atoms with van der Waals surface area (Å²) in [5, 5.41) is 7.20. The molecular formula is C16H26F3N5O. The van der Waals surface area contributed by atoms with Crippen molar-refractivity contribution in [2.24, 2.45) is 4.99 Å². The molecule has 1 unspecified atom stereocenters. The molecule has 0 saturated carbocycles. The zero-order valence-electron chi connectivity index (χ0n) is 15.2. The number of aryl methyl sites for hydroxylation is 2. The van der Waals surface area contributed by atoms with E-state index in [1.807, 2.05) is 18.7 Å². The third-order valence-electron chi connectivity index (χ3n) is 4.69. The van der Waals surface area contributed by atoms with Gasteiger partial charge in [-0.3, -0.25) is 9.89 Å². The Hall–Kier alpha value is -1.77. The van der Waals surface area contributed by atoms with Gasteiger partial charge in [-0.1, -0.05) is 5.16 Å². The molecule has 0 amide bonds. The van der Waals surface area contributed by atoms with Crippen LogP contribution < -0.4 is 5.32 Å². The lowest BCUT2D eigenvalue weighted by molar-refractivity contribution is -0.181. The summed E-state index contributed by atoms with van der Waals surface area (Å²) in [5.74, 6) is 1.52. The van der Waals surface area contributed by atoms with Crippen molar-refractivity contribution in [3.8, 4) is 0 Å². The van der Waals surface area contributed by atoms with E-state index >= 15 is 0 Å². The fourth-order valence-electron chi connectivity index (χ4n) is 3.02. The fourth-order valence-corrected chi connectivity index (χ4v) is 3.02. The topological polar surface area (TPSA) is 56.9 Å². The molecule has 0 aliphatic carbocycles. The smallest absolute Gasteiger partial charge is 0.361 e. The number of aromatic nitrogens is 1. The van der Waals surface area contributed by atoms with Crippen LogP contribution in [0.25, 0.3) is 0 Å². The first-order chi connectivity index (χ1) is 11.7. The summed E-state index contributed by atoms with van der Waals surface area (Å²) in [4.78, 5) is 7.70. The first-order valence-electron chi connectivity index (χ1n) is 8.42. The second kappa shape index (κ2) is 8.07. The fraction of sp³-hybridized carbons (Fsp3) is 0.750. The van der Waals surface area contributed by atoms with Crippen molar-refractivity contribution >= 4 is 5.96 Å². The van der Waals surface area contributed by atoms with Gasteiger partial charge in [0.1, 0.15) is 11.8 Å². The standard InChI is InChI=1S/C16H26F3N5O/c1-11-14(12(2)25-22-11)5-6-21-15(20-4)24-9-7-23(8-10-24)13(3)16(17,18)19/h13H,5-10H2,1-4H3,(H,20,21). The average Bonchev–Trinajstić information content (AvgIpc) is 2.89. The van der Waals surface area contributed by atoms with Gasteiger partial charge in [0, 0.05) is 45.3 Å². The lowest BCUT2D eigenvalue weighted by Crippen LogP contribution is -2.56. The predicted molar refractivity (Wildman–Crippen MR) is 89.7 cm³/mol. The second-order valence-electron chi connectivity index (χ2n) is 6.27.